The zero-order chi connectivity index (χ0) is 16.5. The lowest BCUT2D eigenvalue weighted by Gasteiger charge is -2.02. The molecule has 2 heterocycles. The van der Waals surface area contributed by atoms with Crippen LogP contribution in [0.3, 0.4) is 0 Å². The molecule has 0 aliphatic heterocycles. The van der Waals surface area contributed by atoms with Gasteiger partial charge in [0.1, 0.15) is 11.4 Å². The second-order valence-electron chi connectivity index (χ2n) is 5.16. The first-order chi connectivity index (χ1) is 11.7. The number of rotatable bonds is 3. The van der Waals surface area contributed by atoms with Crippen molar-refractivity contribution in [2.24, 2.45) is 0 Å². The van der Waals surface area contributed by atoms with Crippen LogP contribution < -0.4 is 10.9 Å². The quantitative estimate of drug-likeness (QED) is 0.545. The van der Waals surface area contributed by atoms with E-state index in [1.807, 2.05) is 18.2 Å². The molecular weight excluding hydrogens is 327 g/mol. The lowest BCUT2D eigenvalue weighted by molar-refractivity contribution is 0.563. The monoisotopic (exact) mass is 338 g/mol. The van der Waals surface area contributed by atoms with Crippen LogP contribution in [0.15, 0.2) is 69.2 Å². The minimum Gasteiger partial charge on any atom is -0.422 e. The summed E-state index contributed by atoms with van der Waals surface area (Å²) < 4.78 is 18.6. The number of thiazole rings is 1. The molecule has 118 valence electrons. The predicted molar refractivity (Wildman–Crippen MR) is 93.3 cm³/mol. The molecule has 0 unspecified atom stereocenters. The topological polar surface area (TPSA) is 55.1 Å². The first kappa shape index (κ1) is 14.6. The van der Waals surface area contributed by atoms with E-state index in [1.165, 1.54) is 23.5 Å². The average Bonchev–Trinajstić information content (AvgIpc) is 3.02. The van der Waals surface area contributed by atoms with Crippen molar-refractivity contribution in [2.45, 2.75) is 0 Å². The lowest BCUT2D eigenvalue weighted by Crippen LogP contribution is -2.02. The third-order valence-electron chi connectivity index (χ3n) is 3.50. The van der Waals surface area contributed by atoms with E-state index in [9.17, 15) is 9.18 Å². The van der Waals surface area contributed by atoms with Crippen molar-refractivity contribution < 1.29 is 8.81 Å². The van der Waals surface area contributed by atoms with Crippen LogP contribution in [0.5, 0.6) is 0 Å². The Morgan fingerprint density at radius 1 is 1.08 bits per heavy atom. The Labute approximate surface area is 140 Å². The summed E-state index contributed by atoms with van der Waals surface area (Å²) in [4.78, 5) is 16.6. The summed E-state index contributed by atoms with van der Waals surface area (Å²) in [6.07, 6.45) is 0. The van der Waals surface area contributed by atoms with E-state index in [0.717, 1.165) is 5.39 Å². The number of hydrogen-bond donors (Lipinski definition) is 1. The third-order valence-corrected chi connectivity index (χ3v) is 4.26. The van der Waals surface area contributed by atoms with E-state index in [-0.39, 0.29) is 5.82 Å². The molecule has 0 aliphatic carbocycles. The van der Waals surface area contributed by atoms with Gasteiger partial charge in [-0.1, -0.05) is 24.3 Å². The van der Waals surface area contributed by atoms with Crippen molar-refractivity contribution in [3.63, 3.8) is 0 Å². The molecule has 4 rings (SSSR count). The van der Waals surface area contributed by atoms with Gasteiger partial charge in [0.25, 0.3) is 0 Å². The summed E-state index contributed by atoms with van der Waals surface area (Å²) in [6.45, 7) is 0. The first-order valence-electron chi connectivity index (χ1n) is 7.20. The summed E-state index contributed by atoms with van der Waals surface area (Å²) in [5.41, 5.74) is 1.63. The molecule has 2 aromatic heterocycles. The minimum atomic E-state index is -0.434. The number of nitrogens with zero attached hydrogens (tertiary/aromatic N) is 1. The largest absolute Gasteiger partial charge is 0.422 e. The molecule has 4 aromatic rings. The van der Waals surface area contributed by atoms with E-state index in [2.05, 4.69) is 10.3 Å². The van der Waals surface area contributed by atoms with Crippen LogP contribution >= 0.6 is 11.3 Å². The van der Waals surface area contributed by atoms with Crippen LogP contribution in [0.1, 0.15) is 0 Å². The van der Waals surface area contributed by atoms with Crippen LogP contribution in [0.2, 0.25) is 0 Å². The molecule has 0 radical (unpaired) electrons. The van der Waals surface area contributed by atoms with Gasteiger partial charge in [0.15, 0.2) is 5.13 Å². The summed E-state index contributed by atoms with van der Waals surface area (Å²) >= 11 is 1.33. The summed E-state index contributed by atoms with van der Waals surface area (Å²) in [7, 11) is 0. The fourth-order valence-corrected chi connectivity index (χ4v) is 3.12. The van der Waals surface area contributed by atoms with Crippen LogP contribution in [0.25, 0.3) is 22.2 Å². The van der Waals surface area contributed by atoms with Crippen molar-refractivity contribution in [2.75, 3.05) is 5.32 Å². The number of benzene rings is 2. The molecule has 0 aliphatic rings. The maximum atomic E-state index is 13.2. The Morgan fingerprint density at radius 3 is 2.83 bits per heavy atom. The molecule has 6 heteroatoms. The molecule has 0 spiro atoms. The van der Waals surface area contributed by atoms with Crippen molar-refractivity contribution in [1.29, 1.82) is 0 Å². The molecular formula is C18H11FN2O2S. The van der Waals surface area contributed by atoms with E-state index in [0.29, 0.717) is 27.7 Å². The highest BCUT2D eigenvalue weighted by atomic mass is 32.1. The predicted octanol–water partition coefficient (Wildman–Crippen LogP) is 4.80. The van der Waals surface area contributed by atoms with Crippen molar-refractivity contribution in [3.8, 4) is 11.3 Å². The fourth-order valence-electron chi connectivity index (χ4n) is 2.39. The van der Waals surface area contributed by atoms with Gasteiger partial charge in [-0.2, -0.15) is 0 Å². The molecule has 0 amide bonds. The number of anilines is 2. The second kappa shape index (κ2) is 5.90. The van der Waals surface area contributed by atoms with Gasteiger partial charge in [0, 0.05) is 16.5 Å². The maximum Gasteiger partial charge on any atom is 0.345 e. The van der Waals surface area contributed by atoms with Crippen LogP contribution in [-0.4, -0.2) is 4.98 Å². The van der Waals surface area contributed by atoms with Gasteiger partial charge in [0.2, 0.25) is 0 Å². The van der Waals surface area contributed by atoms with Crippen LogP contribution in [0.4, 0.5) is 15.2 Å². The molecule has 0 saturated heterocycles. The normalized spacial score (nSPS) is 10.9. The number of aromatic nitrogens is 1. The Balaban J connectivity index is 1.70. The molecule has 0 fully saturated rings. The van der Waals surface area contributed by atoms with Crippen molar-refractivity contribution in [1.82, 2.24) is 4.98 Å². The summed E-state index contributed by atoms with van der Waals surface area (Å²) in [5, 5.41) is 6.20. The Kier molecular flexibility index (Phi) is 3.59. The Morgan fingerprint density at radius 2 is 1.96 bits per heavy atom. The van der Waals surface area contributed by atoms with Gasteiger partial charge < -0.3 is 9.73 Å². The Hall–Kier alpha value is -2.99. The summed E-state index contributed by atoms with van der Waals surface area (Å²) in [5.74, 6) is -0.327. The number of nitrogens with one attached hydrogen (secondary N) is 1. The minimum absolute atomic E-state index is 0.327. The zero-order valence-corrected chi connectivity index (χ0v) is 13.1. The highest BCUT2D eigenvalue weighted by Gasteiger charge is 2.11. The van der Waals surface area contributed by atoms with E-state index < -0.39 is 5.63 Å². The molecule has 2 aromatic carbocycles. The van der Waals surface area contributed by atoms with E-state index in [4.69, 9.17) is 4.42 Å². The molecule has 0 atom stereocenters. The number of fused-ring (bicyclic) bond motifs is 1. The first-order valence-corrected chi connectivity index (χ1v) is 8.08. The molecule has 1 N–H and O–H groups in total. The van der Waals surface area contributed by atoms with Gasteiger partial charge >= 0.3 is 5.63 Å². The molecule has 24 heavy (non-hydrogen) atoms. The van der Waals surface area contributed by atoms with Gasteiger partial charge in [-0.15, -0.1) is 11.3 Å². The molecule has 0 saturated carbocycles. The Bertz CT molecular complexity index is 1090. The summed E-state index contributed by atoms with van der Waals surface area (Å²) in [6, 6.07) is 15.2. The SMILES string of the molecule is O=c1oc2ccccc2cc1-c1csc(Nc2cccc(F)c2)n1. The standard InChI is InChI=1S/C18H11FN2O2S/c19-12-5-3-6-13(9-12)20-18-21-15(10-24-18)14-8-11-4-1-2-7-16(11)23-17(14)22/h1-10H,(H,20,21). The lowest BCUT2D eigenvalue weighted by atomic mass is 10.1. The van der Waals surface area contributed by atoms with Gasteiger partial charge in [-0.05, 0) is 30.3 Å². The van der Waals surface area contributed by atoms with E-state index in [1.54, 1.807) is 29.6 Å². The van der Waals surface area contributed by atoms with Crippen molar-refractivity contribution >= 4 is 33.1 Å². The van der Waals surface area contributed by atoms with Crippen LogP contribution in [0, 0.1) is 5.82 Å². The number of hydrogen-bond acceptors (Lipinski definition) is 5. The molecule has 0 bridgehead atoms. The van der Waals surface area contributed by atoms with E-state index >= 15 is 0 Å². The highest BCUT2D eigenvalue weighted by Crippen LogP contribution is 2.27. The van der Waals surface area contributed by atoms with Crippen LogP contribution in [-0.2, 0) is 0 Å². The van der Waals surface area contributed by atoms with Gasteiger partial charge in [0.05, 0.1) is 11.3 Å². The molecule has 4 nitrogen and oxygen atoms in total. The smallest absolute Gasteiger partial charge is 0.345 e. The number of halogens is 1. The van der Waals surface area contributed by atoms with Crippen molar-refractivity contribution in [3.05, 3.63) is 76.2 Å². The second-order valence-corrected chi connectivity index (χ2v) is 6.02. The fraction of sp³-hybridized carbons (Fsp3) is 0. The number of para-hydroxylation sites is 1. The van der Waals surface area contributed by atoms with Gasteiger partial charge in [-0.3, -0.25) is 0 Å². The average molecular weight is 338 g/mol. The zero-order valence-electron chi connectivity index (χ0n) is 12.3. The highest BCUT2D eigenvalue weighted by molar-refractivity contribution is 7.14. The third kappa shape index (κ3) is 2.79. The van der Waals surface area contributed by atoms with Gasteiger partial charge in [-0.25, -0.2) is 14.2 Å². The maximum absolute atomic E-state index is 13.2.